The van der Waals surface area contributed by atoms with Crippen LogP contribution in [0.5, 0.6) is 0 Å². The number of hydrogen-bond donors (Lipinski definition) is 1. The Bertz CT molecular complexity index is 941. The highest BCUT2D eigenvalue weighted by atomic mass is 16.2. The Balaban J connectivity index is 1.26. The molecular formula is C22H26N4O2. The maximum atomic E-state index is 12.7. The number of aromatic amines is 1. The monoisotopic (exact) mass is 378 g/mol. The van der Waals surface area contributed by atoms with Crippen LogP contribution in [0, 0.1) is 0 Å². The van der Waals surface area contributed by atoms with Gasteiger partial charge < -0.3 is 9.88 Å². The maximum Gasteiger partial charge on any atom is 0.254 e. The number of fused-ring (bicyclic) bond motifs is 2. The summed E-state index contributed by atoms with van der Waals surface area (Å²) in [6.07, 6.45) is 10.7. The van der Waals surface area contributed by atoms with Crippen LogP contribution in [0.25, 0.3) is 0 Å². The second-order valence-electron chi connectivity index (χ2n) is 8.57. The van der Waals surface area contributed by atoms with Gasteiger partial charge in [-0.3, -0.25) is 14.6 Å². The van der Waals surface area contributed by atoms with Gasteiger partial charge >= 0.3 is 0 Å². The third-order valence-corrected chi connectivity index (χ3v) is 6.78. The lowest BCUT2D eigenvalue weighted by Gasteiger charge is -2.39. The normalized spacial score (nSPS) is 20.4. The number of pyridine rings is 1. The van der Waals surface area contributed by atoms with Crippen molar-refractivity contribution in [3.8, 4) is 0 Å². The molecule has 2 aromatic heterocycles. The molecule has 0 radical (unpaired) electrons. The number of amides is 1. The highest BCUT2D eigenvalue weighted by molar-refractivity contribution is 5.76. The van der Waals surface area contributed by atoms with Crippen molar-refractivity contribution < 1.29 is 4.79 Å². The molecule has 6 nitrogen and oxygen atoms in total. The zero-order valence-corrected chi connectivity index (χ0v) is 16.1. The third kappa shape index (κ3) is 3.15. The number of nitrogens with one attached hydrogen (secondary N) is 1. The van der Waals surface area contributed by atoms with E-state index in [4.69, 9.17) is 4.98 Å². The predicted molar refractivity (Wildman–Crippen MR) is 105 cm³/mol. The lowest BCUT2D eigenvalue weighted by molar-refractivity contribution is -0.132. The van der Waals surface area contributed by atoms with Crippen molar-refractivity contribution in [3.63, 3.8) is 0 Å². The predicted octanol–water partition coefficient (Wildman–Crippen LogP) is 2.48. The fraction of sp³-hybridized carbons (Fsp3) is 0.545. The van der Waals surface area contributed by atoms with E-state index in [1.54, 1.807) is 6.20 Å². The van der Waals surface area contributed by atoms with Crippen molar-refractivity contribution in [1.82, 2.24) is 19.9 Å². The minimum absolute atomic E-state index is 0.00658. The number of rotatable bonds is 4. The number of aryl methyl sites for hydroxylation is 1. The summed E-state index contributed by atoms with van der Waals surface area (Å²) in [5, 5.41) is 0. The lowest BCUT2D eigenvalue weighted by Crippen LogP contribution is -2.45. The molecule has 1 spiro atoms. The standard InChI is InChI=1S/C22H26N4O2/c27-18(6-3-15-2-1-11-23-14-15)26-12-9-22(10-13-26)8-7-17-19(22)24-20(16-4-5-16)25-21(17)28/h1-2,11,14,16H,3-10,12-13H2,(H,24,25,28). The van der Waals surface area contributed by atoms with Crippen LogP contribution in [-0.4, -0.2) is 38.8 Å². The molecule has 1 saturated heterocycles. The molecule has 2 fully saturated rings. The van der Waals surface area contributed by atoms with E-state index >= 15 is 0 Å². The minimum atomic E-state index is -0.00658. The van der Waals surface area contributed by atoms with E-state index in [-0.39, 0.29) is 16.9 Å². The Morgan fingerprint density at radius 2 is 2.07 bits per heavy atom. The largest absolute Gasteiger partial charge is 0.343 e. The Morgan fingerprint density at radius 1 is 1.25 bits per heavy atom. The molecule has 0 unspecified atom stereocenters. The molecule has 0 bridgehead atoms. The average molecular weight is 378 g/mol. The van der Waals surface area contributed by atoms with Gasteiger partial charge in [-0.15, -0.1) is 0 Å². The first-order valence-corrected chi connectivity index (χ1v) is 10.4. The van der Waals surface area contributed by atoms with Crippen LogP contribution >= 0.6 is 0 Å². The molecule has 3 aliphatic rings. The fourth-order valence-corrected chi connectivity index (χ4v) is 4.84. The summed E-state index contributed by atoms with van der Waals surface area (Å²) in [5.74, 6) is 1.55. The molecule has 6 heteroatoms. The van der Waals surface area contributed by atoms with Gasteiger partial charge in [0.2, 0.25) is 5.91 Å². The smallest absolute Gasteiger partial charge is 0.254 e. The van der Waals surface area contributed by atoms with Crippen molar-refractivity contribution in [1.29, 1.82) is 0 Å². The van der Waals surface area contributed by atoms with Crippen molar-refractivity contribution in [3.05, 3.63) is 57.5 Å². The van der Waals surface area contributed by atoms with Crippen LogP contribution in [0.4, 0.5) is 0 Å². The fourth-order valence-electron chi connectivity index (χ4n) is 4.84. The van der Waals surface area contributed by atoms with Gasteiger partial charge in [0.25, 0.3) is 5.56 Å². The molecule has 2 aromatic rings. The van der Waals surface area contributed by atoms with Gasteiger partial charge in [0.15, 0.2) is 0 Å². The molecule has 1 amide bonds. The zero-order chi connectivity index (χ0) is 19.1. The molecule has 146 valence electrons. The van der Waals surface area contributed by atoms with Gasteiger partial charge in [0.05, 0.1) is 5.69 Å². The van der Waals surface area contributed by atoms with Crippen molar-refractivity contribution in [2.45, 2.75) is 62.7 Å². The third-order valence-electron chi connectivity index (χ3n) is 6.78. The number of likely N-dealkylation sites (tertiary alicyclic amines) is 1. The van der Waals surface area contributed by atoms with Gasteiger partial charge in [0.1, 0.15) is 5.82 Å². The van der Waals surface area contributed by atoms with E-state index in [1.807, 2.05) is 23.2 Å². The minimum Gasteiger partial charge on any atom is -0.343 e. The Kier molecular flexibility index (Phi) is 4.29. The lowest BCUT2D eigenvalue weighted by atomic mass is 9.76. The summed E-state index contributed by atoms with van der Waals surface area (Å²) in [6, 6.07) is 3.92. The molecular weight excluding hydrogens is 352 g/mol. The highest BCUT2D eigenvalue weighted by Crippen LogP contribution is 2.46. The Morgan fingerprint density at radius 3 is 2.79 bits per heavy atom. The topological polar surface area (TPSA) is 79.0 Å². The van der Waals surface area contributed by atoms with E-state index in [9.17, 15) is 9.59 Å². The Labute approximate surface area is 164 Å². The molecule has 3 heterocycles. The molecule has 5 rings (SSSR count). The molecule has 28 heavy (non-hydrogen) atoms. The quantitative estimate of drug-likeness (QED) is 0.886. The molecule has 2 aliphatic carbocycles. The summed E-state index contributed by atoms with van der Waals surface area (Å²) >= 11 is 0. The zero-order valence-electron chi connectivity index (χ0n) is 16.1. The number of hydrogen-bond acceptors (Lipinski definition) is 4. The van der Waals surface area contributed by atoms with Crippen LogP contribution in [0.2, 0.25) is 0 Å². The van der Waals surface area contributed by atoms with E-state index < -0.39 is 0 Å². The molecule has 0 aromatic carbocycles. The number of nitrogens with zero attached hydrogens (tertiary/aromatic N) is 3. The summed E-state index contributed by atoms with van der Waals surface area (Å²) in [4.78, 5) is 39.2. The molecule has 1 aliphatic heterocycles. The Hall–Kier alpha value is -2.50. The second kappa shape index (κ2) is 6.83. The van der Waals surface area contributed by atoms with Crippen LogP contribution < -0.4 is 5.56 Å². The molecule has 1 saturated carbocycles. The van der Waals surface area contributed by atoms with Crippen molar-refractivity contribution >= 4 is 5.91 Å². The van der Waals surface area contributed by atoms with Gasteiger partial charge in [-0.2, -0.15) is 0 Å². The first-order chi connectivity index (χ1) is 13.6. The van der Waals surface area contributed by atoms with Gasteiger partial charge in [-0.1, -0.05) is 6.07 Å². The van der Waals surface area contributed by atoms with Gasteiger partial charge in [-0.25, -0.2) is 4.98 Å². The first kappa shape index (κ1) is 17.6. The van der Waals surface area contributed by atoms with Crippen LogP contribution in [0.1, 0.15) is 67.1 Å². The van der Waals surface area contributed by atoms with E-state index in [1.165, 1.54) is 0 Å². The molecule has 0 atom stereocenters. The number of carbonyl (C=O) groups is 1. The first-order valence-electron chi connectivity index (χ1n) is 10.4. The summed E-state index contributed by atoms with van der Waals surface area (Å²) in [6.45, 7) is 1.52. The number of piperidine rings is 1. The summed E-state index contributed by atoms with van der Waals surface area (Å²) < 4.78 is 0. The van der Waals surface area contributed by atoms with Crippen LogP contribution in [-0.2, 0) is 23.1 Å². The SMILES string of the molecule is O=C(CCc1cccnc1)N1CCC2(CCc3c2nc(C2CC2)[nH]c3=O)CC1. The van der Waals surface area contributed by atoms with Gasteiger partial charge in [0, 0.05) is 48.8 Å². The highest BCUT2D eigenvalue weighted by Gasteiger charge is 2.45. The van der Waals surface area contributed by atoms with Crippen LogP contribution in [0.15, 0.2) is 29.3 Å². The molecule has 1 N–H and O–H groups in total. The van der Waals surface area contributed by atoms with E-state index in [2.05, 4.69) is 9.97 Å². The average Bonchev–Trinajstić information content (AvgIpc) is 3.52. The maximum absolute atomic E-state index is 12.7. The summed E-state index contributed by atoms with van der Waals surface area (Å²) in [7, 11) is 0. The van der Waals surface area contributed by atoms with E-state index in [0.29, 0.717) is 12.3 Å². The van der Waals surface area contributed by atoms with E-state index in [0.717, 1.165) is 80.7 Å². The second-order valence-corrected chi connectivity index (χ2v) is 8.57. The number of H-pyrrole nitrogens is 1. The number of carbonyl (C=O) groups excluding carboxylic acids is 1. The number of aromatic nitrogens is 3. The van der Waals surface area contributed by atoms with Crippen molar-refractivity contribution in [2.75, 3.05) is 13.1 Å². The van der Waals surface area contributed by atoms with Crippen LogP contribution in [0.3, 0.4) is 0 Å². The summed E-state index contributed by atoms with van der Waals surface area (Å²) in [5.41, 5.74) is 3.10. The van der Waals surface area contributed by atoms with Crippen molar-refractivity contribution in [2.24, 2.45) is 0 Å². The van der Waals surface area contributed by atoms with Gasteiger partial charge in [-0.05, 0) is 56.6 Å².